The summed E-state index contributed by atoms with van der Waals surface area (Å²) in [5.74, 6) is 1.48. The fraction of sp³-hybridized carbons (Fsp3) is 0.500. The lowest BCUT2D eigenvalue weighted by molar-refractivity contribution is 0.0240. The average Bonchev–Trinajstić information content (AvgIpc) is 2.83. The SMILES string of the molecule is CC(C)Nc1nc(C(C)F)cc2cnc(Nc3ccc(N4CCN(C(=O)OC(C)(C)C)CC4)cn3)nc12. The molecule has 3 aromatic heterocycles. The van der Waals surface area contributed by atoms with Gasteiger partial charge >= 0.3 is 6.09 Å². The molecule has 1 aliphatic heterocycles. The maximum Gasteiger partial charge on any atom is 0.410 e. The smallest absolute Gasteiger partial charge is 0.410 e. The van der Waals surface area contributed by atoms with Gasteiger partial charge in [0.25, 0.3) is 0 Å². The second kappa shape index (κ2) is 10.7. The molecule has 3 aromatic rings. The molecule has 0 saturated carbocycles. The fourth-order valence-electron chi connectivity index (χ4n) is 3.93. The summed E-state index contributed by atoms with van der Waals surface area (Å²) in [5.41, 5.74) is 1.41. The van der Waals surface area contributed by atoms with Crippen molar-refractivity contribution >= 4 is 40.3 Å². The van der Waals surface area contributed by atoms with E-state index < -0.39 is 11.8 Å². The second-order valence-corrected chi connectivity index (χ2v) is 10.4. The number of pyridine rings is 2. The quantitative estimate of drug-likeness (QED) is 0.470. The number of piperazine rings is 1. The molecule has 10 nitrogen and oxygen atoms in total. The van der Waals surface area contributed by atoms with Crippen LogP contribution in [-0.4, -0.2) is 68.8 Å². The molecule has 0 aromatic carbocycles. The maximum absolute atomic E-state index is 13.9. The highest BCUT2D eigenvalue weighted by molar-refractivity contribution is 5.89. The number of ether oxygens (including phenoxy) is 1. The minimum absolute atomic E-state index is 0.104. The highest BCUT2D eigenvalue weighted by Crippen LogP contribution is 2.27. The van der Waals surface area contributed by atoms with Crippen molar-refractivity contribution < 1.29 is 13.9 Å². The largest absolute Gasteiger partial charge is 0.444 e. The van der Waals surface area contributed by atoms with Gasteiger partial charge in [-0.15, -0.1) is 0 Å². The molecule has 1 fully saturated rings. The number of hydrogen-bond acceptors (Lipinski definition) is 9. The summed E-state index contributed by atoms with van der Waals surface area (Å²) in [6.45, 7) is 13.6. The van der Waals surface area contributed by atoms with Crippen molar-refractivity contribution in [2.75, 3.05) is 41.7 Å². The summed E-state index contributed by atoms with van der Waals surface area (Å²) in [4.78, 5) is 34.2. The number of alkyl halides is 1. The van der Waals surface area contributed by atoms with E-state index in [1.807, 2.05) is 46.8 Å². The van der Waals surface area contributed by atoms with E-state index in [9.17, 15) is 9.18 Å². The molecule has 1 unspecified atom stereocenters. The van der Waals surface area contributed by atoms with Crippen LogP contribution in [0.1, 0.15) is 53.4 Å². The Labute approximate surface area is 216 Å². The molecule has 2 N–H and O–H groups in total. The Kier molecular flexibility index (Phi) is 7.60. The normalized spacial score (nSPS) is 15.1. The summed E-state index contributed by atoms with van der Waals surface area (Å²) in [6.07, 6.45) is 1.97. The Morgan fingerprint density at radius 1 is 1.05 bits per heavy atom. The third-order valence-electron chi connectivity index (χ3n) is 5.70. The average molecular weight is 511 g/mol. The zero-order valence-corrected chi connectivity index (χ0v) is 22.2. The lowest BCUT2D eigenvalue weighted by Gasteiger charge is -2.36. The summed E-state index contributed by atoms with van der Waals surface area (Å²) in [5, 5.41) is 7.09. The van der Waals surface area contributed by atoms with Gasteiger partial charge in [-0.3, -0.25) is 0 Å². The predicted molar refractivity (Wildman–Crippen MR) is 143 cm³/mol. The van der Waals surface area contributed by atoms with Crippen LogP contribution in [0, 0.1) is 0 Å². The molecule has 0 spiro atoms. The van der Waals surface area contributed by atoms with Gasteiger partial charge in [-0.05, 0) is 59.7 Å². The van der Waals surface area contributed by atoms with Gasteiger partial charge in [-0.1, -0.05) is 0 Å². The van der Waals surface area contributed by atoms with Crippen LogP contribution in [-0.2, 0) is 4.74 Å². The van der Waals surface area contributed by atoms with E-state index in [1.165, 1.54) is 6.92 Å². The van der Waals surface area contributed by atoms with E-state index in [0.717, 1.165) is 5.69 Å². The Balaban J connectivity index is 1.43. The number of halogens is 1. The lowest BCUT2D eigenvalue weighted by Crippen LogP contribution is -2.50. The first-order chi connectivity index (χ1) is 17.5. The van der Waals surface area contributed by atoms with E-state index in [1.54, 1.807) is 23.4 Å². The Morgan fingerprint density at radius 3 is 2.38 bits per heavy atom. The van der Waals surface area contributed by atoms with Gasteiger partial charge in [0, 0.05) is 43.8 Å². The number of anilines is 4. The van der Waals surface area contributed by atoms with Crippen molar-refractivity contribution in [3.63, 3.8) is 0 Å². The number of nitrogens with one attached hydrogen (secondary N) is 2. The second-order valence-electron chi connectivity index (χ2n) is 10.4. The first-order valence-electron chi connectivity index (χ1n) is 12.5. The standard InChI is InChI=1S/C26H35FN8O2/c1-16(2)30-23-22-18(13-20(31-23)17(3)27)14-29-24(33-22)32-21-8-7-19(15-28-21)34-9-11-35(12-10-34)25(36)37-26(4,5)6/h7-8,13-17H,9-12H2,1-6H3,(H,30,31)(H,28,29,32,33). The highest BCUT2D eigenvalue weighted by Gasteiger charge is 2.26. The molecule has 4 heterocycles. The fourth-order valence-corrected chi connectivity index (χ4v) is 3.93. The van der Waals surface area contributed by atoms with Crippen molar-refractivity contribution in [3.05, 3.63) is 36.3 Å². The Morgan fingerprint density at radius 2 is 1.78 bits per heavy atom. The van der Waals surface area contributed by atoms with Gasteiger partial charge in [0.15, 0.2) is 5.82 Å². The number of carbonyl (C=O) groups is 1. The van der Waals surface area contributed by atoms with Crippen LogP contribution >= 0.6 is 0 Å². The van der Waals surface area contributed by atoms with E-state index in [0.29, 0.717) is 60.4 Å². The summed E-state index contributed by atoms with van der Waals surface area (Å²) >= 11 is 0. The van der Waals surface area contributed by atoms with Gasteiger partial charge in [0.2, 0.25) is 5.95 Å². The van der Waals surface area contributed by atoms with Crippen LogP contribution in [0.2, 0.25) is 0 Å². The van der Waals surface area contributed by atoms with Crippen LogP contribution < -0.4 is 15.5 Å². The van der Waals surface area contributed by atoms with Crippen LogP contribution in [0.3, 0.4) is 0 Å². The molecule has 1 saturated heterocycles. The van der Waals surface area contributed by atoms with Crippen molar-refractivity contribution in [2.45, 2.75) is 59.4 Å². The van der Waals surface area contributed by atoms with Gasteiger partial charge in [-0.25, -0.2) is 29.1 Å². The number of hydrogen-bond donors (Lipinski definition) is 2. The molecular formula is C26H35FN8O2. The number of aromatic nitrogens is 4. The molecule has 1 atom stereocenters. The van der Waals surface area contributed by atoms with Crippen molar-refractivity contribution in [2.24, 2.45) is 0 Å². The van der Waals surface area contributed by atoms with Crippen molar-refractivity contribution in [1.82, 2.24) is 24.8 Å². The van der Waals surface area contributed by atoms with Gasteiger partial charge < -0.3 is 25.2 Å². The van der Waals surface area contributed by atoms with Crippen molar-refractivity contribution in [3.8, 4) is 0 Å². The molecule has 1 aliphatic rings. The monoisotopic (exact) mass is 510 g/mol. The predicted octanol–water partition coefficient (Wildman–Crippen LogP) is 5.07. The van der Waals surface area contributed by atoms with E-state index in [-0.39, 0.29) is 12.1 Å². The van der Waals surface area contributed by atoms with Gasteiger partial charge in [-0.2, -0.15) is 0 Å². The van der Waals surface area contributed by atoms with Crippen LogP contribution in [0.15, 0.2) is 30.6 Å². The topological polar surface area (TPSA) is 108 Å². The highest BCUT2D eigenvalue weighted by atomic mass is 19.1. The number of fused-ring (bicyclic) bond motifs is 1. The zero-order chi connectivity index (χ0) is 26.7. The first-order valence-corrected chi connectivity index (χ1v) is 12.5. The number of nitrogens with zero attached hydrogens (tertiary/aromatic N) is 6. The molecule has 198 valence electrons. The van der Waals surface area contributed by atoms with Gasteiger partial charge in [0.05, 0.1) is 17.6 Å². The van der Waals surface area contributed by atoms with Gasteiger partial charge in [0.1, 0.15) is 23.1 Å². The van der Waals surface area contributed by atoms with E-state index >= 15 is 0 Å². The molecule has 4 rings (SSSR count). The molecule has 0 aliphatic carbocycles. The first kappa shape index (κ1) is 26.3. The zero-order valence-electron chi connectivity index (χ0n) is 22.2. The maximum atomic E-state index is 13.9. The van der Waals surface area contributed by atoms with Crippen LogP contribution in [0.5, 0.6) is 0 Å². The minimum Gasteiger partial charge on any atom is -0.444 e. The molecule has 37 heavy (non-hydrogen) atoms. The van der Waals surface area contributed by atoms with E-state index in [4.69, 9.17) is 4.74 Å². The van der Waals surface area contributed by atoms with E-state index in [2.05, 4.69) is 35.5 Å². The summed E-state index contributed by atoms with van der Waals surface area (Å²) in [7, 11) is 0. The Hall–Kier alpha value is -3.76. The number of carbonyl (C=O) groups excluding carboxylic acids is 1. The Bertz CT molecular complexity index is 1240. The third-order valence-corrected chi connectivity index (χ3v) is 5.70. The molecular weight excluding hydrogens is 475 g/mol. The lowest BCUT2D eigenvalue weighted by atomic mass is 10.2. The summed E-state index contributed by atoms with van der Waals surface area (Å²) in [6, 6.07) is 5.61. The molecule has 0 radical (unpaired) electrons. The van der Waals surface area contributed by atoms with Crippen molar-refractivity contribution in [1.29, 1.82) is 0 Å². The molecule has 1 amide bonds. The summed E-state index contributed by atoms with van der Waals surface area (Å²) < 4.78 is 19.4. The van der Waals surface area contributed by atoms with Crippen LogP contribution in [0.25, 0.3) is 10.9 Å². The third kappa shape index (κ3) is 6.72. The number of rotatable bonds is 6. The van der Waals surface area contributed by atoms with Crippen LogP contribution in [0.4, 0.5) is 32.5 Å². The molecule has 11 heteroatoms. The number of amides is 1. The molecule has 0 bridgehead atoms. The minimum atomic E-state index is -1.20.